The number of pyridine rings is 1. The van der Waals surface area contributed by atoms with Crippen LogP contribution in [0.15, 0.2) is 83.9 Å². The molecule has 4 heterocycles. The number of hydrogen-bond acceptors (Lipinski definition) is 6. The van der Waals surface area contributed by atoms with E-state index in [2.05, 4.69) is 20.9 Å². The second-order valence-electron chi connectivity index (χ2n) is 8.66. The Morgan fingerprint density at radius 2 is 1.85 bits per heavy atom. The van der Waals surface area contributed by atoms with Gasteiger partial charge in [-0.05, 0) is 54.8 Å². The number of para-hydroxylation sites is 2. The van der Waals surface area contributed by atoms with Crippen LogP contribution in [0.1, 0.15) is 18.4 Å². The Labute approximate surface area is 192 Å². The second kappa shape index (κ2) is 8.30. The van der Waals surface area contributed by atoms with Gasteiger partial charge in [0.15, 0.2) is 11.5 Å². The molecule has 0 spiro atoms. The van der Waals surface area contributed by atoms with Gasteiger partial charge < -0.3 is 19.2 Å². The summed E-state index contributed by atoms with van der Waals surface area (Å²) in [5, 5.41) is 11.2. The Kier molecular flexibility index (Phi) is 5.00. The Balaban J connectivity index is 1.33. The molecule has 0 aliphatic carbocycles. The van der Waals surface area contributed by atoms with Crippen molar-refractivity contribution >= 4 is 11.4 Å². The molecule has 2 aromatic carbocycles. The molecule has 2 aromatic heterocycles. The molecule has 4 aromatic rings. The van der Waals surface area contributed by atoms with Crippen molar-refractivity contribution < 1.29 is 14.3 Å². The maximum absolute atomic E-state index is 11.2. The van der Waals surface area contributed by atoms with Gasteiger partial charge in [-0.25, -0.2) is 0 Å². The number of fused-ring (bicyclic) bond motifs is 2. The summed E-state index contributed by atoms with van der Waals surface area (Å²) in [5.74, 6) is 1.71. The highest BCUT2D eigenvalue weighted by Gasteiger charge is 2.34. The van der Waals surface area contributed by atoms with Gasteiger partial charge in [0.2, 0.25) is 0 Å². The standard InChI is InChI=1S/C27H25N3O3/c31-24-14-21(20-4-3-10-28-16-20)15-26-27(24)30(23-5-1-2-6-25(23)33-26)22-7-11-29(12-8-22)17-19-9-13-32-18-19/h1-6,9-10,13-16,18,22,31H,7-8,11-12,17H2. The highest BCUT2D eigenvalue weighted by Crippen LogP contribution is 2.53. The third kappa shape index (κ3) is 3.72. The minimum absolute atomic E-state index is 0.224. The SMILES string of the molecule is Oc1cc(-c2cccnc2)cc2c1N(C1CCN(Cc3ccoc3)CC1)c1ccccc1O2. The fourth-order valence-electron chi connectivity index (χ4n) is 4.95. The van der Waals surface area contributed by atoms with Gasteiger partial charge in [-0.15, -0.1) is 0 Å². The van der Waals surface area contributed by atoms with E-state index >= 15 is 0 Å². The topological polar surface area (TPSA) is 62.0 Å². The Bertz CT molecular complexity index is 1250. The van der Waals surface area contributed by atoms with E-state index in [1.807, 2.05) is 54.8 Å². The molecule has 2 aliphatic rings. The van der Waals surface area contributed by atoms with Crippen molar-refractivity contribution in [1.82, 2.24) is 9.88 Å². The highest BCUT2D eigenvalue weighted by molar-refractivity contribution is 5.85. The quantitative estimate of drug-likeness (QED) is 0.424. The number of aromatic nitrogens is 1. The van der Waals surface area contributed by atoms with E-state index in [0.29, 0.717) is 5.75 Å². The van der Waals surface area contributed by atoms with Crippen molar-refractivity contribution in [3.05, 3.63) is 85.1 Å². The lowest BCUT2D eigenvalue weighted by Crippen LogP contribution is -2.43. The van der Waals surface area contributed by atoms with Crippen LogP contribution in [0.25, 0.3) is 11.1 Å². The first-order valence-electron chi connectivity index (χ1n) is 11.3. The Morgan fingerprint density at radius 1 is 0.970 bits per heavy atom. The van der Waals surface area contributed by atoms with E-state index in [4.69, 9.17) is 9.15 Å². The number of benzene rings is 2. The van der Waals surface area contributed by atoms with Gasteiger partial charge in [0.1, 0.15) is 11.4 Å². The molecule has 1 fully saturated rings. The molecule has 0 amide bonds. The van der Waals surface area contributed by atoms with Gasteiger partial charge in [0, 0.05) is 49.2 Å². The first kappa shape index (κ1) is 19.9. The highest BCUT2D eigenvalue weighted by atomic mass is 16.5. The second-order valence-corrected chi connectivity index (χ2v) is 8.66. The van der Waals surface area contributed by atoms with Crippen molar-refractivity contribution in [3.63, 3.8) is 0 Å². The van der Waals surface area contributed by atoms with Crippen LogP contribution in [0, 0.1) is 0 Å². The lowest BCUT2D eigenvalue weighted by molar-refractivity contribution is 0.203. The molecular formula is C27H25N3O3. The van der Waals surface area contributed by atoms with E-state index in [1.54, 1.807) is 18.7 Å². The molecule has 1 saturated heterocycles. The molecule has 33 heavy (non-hydrogen) atoms. The van der Waals surface area contributed by atoms with Crippen LogP contribution in [-0.2, 0) is 6.54 Å². The van der Waals surface area contributed by atoms with Gasteiger partial charge in [-0.3, -0.25) is 9.88 Å². The molecule has 166 valence electrons. The summed E-state index contributed by atoms with van der Waals surface area (Å²) in [6.45, 7) is 2.87. The summed E-state index contributed by atoms with van der Waals surface area (Å²) in [4.78, 5) is 8.96. The van der Waals surface area contributed by atoms with Crippen molar-refractivity contribution in [2.45, 2.75) is 25.4 Å². The van der Waals surface area contributed by atoms with Crippen molar-refractivity contribution in [1.29, 1.82) is 0 Å². The number of ether oxygens (including phenoxy) is 1. The monoisotopic (exact) mass is 439 g/mol. The van der Waals surface area contributed by atoms with Crippen LogP contribution in [0.3, 0.4) is 0 Å². The number of aromatic hydroxyl groups is 1. The summed E-state index contributed by atoms with van der Waals surface area (Å²) in [5.41, 5.74) is 4.78. The minimum atomic E-state index is 0.224. The summed E-state index contributed by atoms with van der Waals surface area (Å²) < 4.78 is 11.5. The molecule has 0 radical (unpaired) electrons. The summed E-state index contributed by atoms with van der Waals surface area (Å²) in [6, 6.07) is 18.1. The zero-order valence-electron chi connectivity index (χ0n) is 18.2. The van der Waals surface area contributed by atoms with Crippen molar-refractivity contribution in [2.24, 2.45) is 0 Å². The maximum atomic E-state index is 11.2. The molecule has 6 rings (SSSR count). The lowest BCUT2D eigenvalue weighted by Gasteiger charge is -2.42. The van der Waals surface area contributed by atoms with E-state index in [-0.39, 0.29) is 11.8 Å². The van der Waals surface area contributed by atoms with Crippen LogP contribution in [-0.4, -0.2) is 34.1 Å². The minimum Gasteiger partial charge on any atom is -0.506 e. The largest absolute Gasteiger partial charge is 0.506 e. The van der Waals surface area contributed by atoms with Crippen LogP contribution < -0.4 is 9.64 Å². The number of likely N-dealkylation sites (tertiary alicyclic amines) is 1. The lowest BCUT2D eigenvalue weighted by atomic mass is 9.98. The average molecular weight is 440 g/mol. The van der Waals surface area contributed by atoms with E-state index in [9.17, 15) is 5.11 Å². The number of phenolic OH excluding ortho intramolecular Hbond substituents is 1. The van der Waals surface area contributed by atoms with Crippen molar-refractivity contribution in [3.8, 4) is 28.4 Å². The predicted molar refractivity (Wildman–Crippen MR) is 127 cm³/mol. The predicted octanol–water partition coefficient (Wildman–Crippen LogP) is 5.96. The van der Waals surface area contributed by atoms with Gasteiger partial charge in [0.25, 0.3) is 0 Å². The molecule has 1 N–H and O–H groups in total. The van der Waals surface area contributed by atoms with Crippen LogP contribution in [0.2, 0.25) is 0 Å². The third-order valence-electron chi connectivity index (χ3n) is 6.54. The molecule has 6 nitrogen and oxygen atoms in total. The van der Waals surface area contributed by atoms with Gasteiger partial charge in [0.05, 0.1) is 18.2 Å². The van der Waals surface area contributed by atoms with Crippen LogP contribution in [0.4, 0.5) is 11.4 Å². The molecule has 2 aliphatic heterocycles. The summed E-state index contributed by atoms with van der Waals surface area (Å²) in [7, 11) is 0. The summed E-state index contributed by atoms with van der Waals surface area (Å²) in [6.07, 6.45) is 9.08. The Hall–Kier alpha value is -3.77. The first-order chi connectivity index (χ1) is 16.3. The maximum Gasteiger partial charge on any atom is 0.155 e. The van der Waals surface area contributed by atoms with Gasteiger partial charge in [-0.2, -0.15) is 0 Å². The number of anilines is 2. The zero-order chi connectivity index (χ0) is 22.2. The molecular weight excluding hydrogens is 414 g/mol. The molecule has 0 unspecified atom stereocenters. The van der Waals surface area contributed by atoms with E-state index in [0.717, 1.165) is 60.7 Å². The number of hydrogen-bond donors (Lipinski definition) is 1. The van der Waals surface area contributed by atoms with Crippen molar-refractivity contribution in [2.75, 3.05) is 18.0 Å². The number of furan rings is 1. The van der Waals surface area contributed by atoms with Gasteiger partial charge in [-0.1, -0.05) is 18.2 Å². The zero-order valence-corrected chi connectivity index (χ0v) is 18.2. The third-order valence-corrected chi connectivity index (χ3v) is 6.54. The number of phenols is 1. The fourth-order valence-corrected chi connectivity index (χ4v) is 4.95. The van der Waals surface area contributed by atoms with Crippen LogP contribution in [0.5, 0.6) is 17.2 Å². The normalized spacial score (nSPS) is 16.2. The number of nitrogens with zero attached hydrogens (tertiary/aromatic N) is 3. The first-order valence-corrected chi connectivity index (χ1v) is 11.3. The van der Waals surface area contributed by atoms with Crippen LogP contribution >= 0.6 is 0 Å². The molecule has 0 atom stereocenters. The molecule has 6 heteroatoms. The summed E-state index contributed by atoms with van der Waals surface area (Å²) >= 11 is 0. The molecule has 0 bridgehead atoms. The number of rotatable bonds is 4. The fraction of sp³-hybridized carbons (Fsp3) is 0.222. The Morgan fingerprint density at radius 3 is 2.64 bits per heavy atom. The van der Waals surface area contributed by atoms with E-state index < -0.39 is 0 Å². The van der Waals surface area contributed by atoms with E-state index in [1.165, 1.54) is 5.56 Å². The smallest absolute Gasteiger partial charge is 0.155 e. The number of piperidine rings is 1. The average Bonchev–Trinajstić information content (AvgIpc) is 3.37. The molecule has 0 saturated carbocycles. The van der Waals surface area contributed by atoms with Gasteiger partial charge >= 0.3 is 0 Å².